The van der Waals surface area contributed by atoms with Crippen molar-refractivity contribution in [1.29, 1.82) is 0 Å². The molecule has 0 aromatic heterocycles. The number of allylic oxidation sites excluding steroid dienone is 2. The molecule has 2 saturated carbocycles. The Labute approximate surface area is 157 Å². The van der Waals surface area contributed by atoms with Crippen molar-refractivity contribution in [1.82, 2.24) is 5.32 Å². The van der Waals surface area contributed by atoms with Crippen LogP contribution in [0.4, 0.5) is 4.39 Å². The molecule has 1 aromatic rings. The Morgan fingerprint density at radius 2 is 1.96 bits per heavy atom. The number of carboxylic acid groups (broad SMARTS) is 1. The second-order valence-corrected chi connectivity index (χ2v) is 8.01. The van der Waals surface area contributed by atoms with Gasteiger partial charge in [0.2, 0.25) is 5.91 Å². The summed E-state index contributed by atoms with van der Waals surface area (Å²) in [5.74, 6) is -2.22. The number of carbonyl (C=O) groups excluding carboxylic acids is 1. The summed E-state index contributed by atoms with van der Waals surface area (Å²) in [5, 5.41) is 12.4. The number of benzene rings is 1. The number of nitrogens with one attached hydrogen (secondary N) is 1. The Bertz CT molecular complexity index is 788. The molecule has 0 aliphatic heterocycles. The number of halogens is 1. The first-order valence-electron chi connectivity index (χ1n) is 9.57. The maximum atomic E-state index is 14.3. The largest absolute Gasteiger partial charge is 0.490 e. The molecular formula is C21H24FNO4. The van der Waals surface area contributed by atoms with Crippen molar-refractivity contribution < 1.29 is 23.8 Å². The number of aliphatic carboxylic acids is 1. The van der Waals surface area contributed by atoms with Crippen LogP contribution in [-0.2, 0) is 9.59 Å². The number of fused-ring (bicyclic) bond motifs is 2. The van der Waals surface area contributed by atoms with Crippen LogP contribution in [0.1, 0.15) is 37.8 Å². The van der Waals surface area contributed by atoms with E-state index in [1.165, 1.54) is 6.07 Å². The molecule has 144 valence electrons. The maximum absolute atomic E-state index is 14.3. The van der Waals surface area contributed by atoms with Gasteiger partial charge in [0, 0.05) is 0 Å². The molecule has 0 saturated heterocycles. The van der Waals surface area contributed by atoms with Crippen LogP contribution >= 0.6 is 0 Å². The smallest absolute Gasteiger partial charge is 0.307 e. The number of carboxylic acids is 1. The van der Waals surface area contributed by atoms with Gasteiger partial charge in [-0.2, -0.15) is 0 Å². The van der Waals surface area contributed by atoms with Gasteiger partial charge in [-0.15, -0.1) is 0 Å². The van der Waals surface area contributed by atoms with Gasteiger partial charge in [-0.25, -0.2) is 4.39 Å². The molecule has 3 aliphatic rings. The molecule has 2 fully saturated rings. The van der Waals surface area contributed by atoms with E-state index in [4.69, 9.17) is 4.74 Å². The zero-order valence-electron chi connectivity index (χ0n) is 15.2. The SMILES string of the molecule is CC(NC(=O)C1C2C=CC(C2)C1C(=O)O)c1ccc(OCC2CC2)c(F)c1. The van der Waals surface area contributed by atoms with Crippen molar-refractivity contribution in [3.8, 4) is 5.75 Å². The number of amides is 1. The fraction of sp³-hybridized carbons (Fsp3) is 0.524. The molecule has 5 nitrogen and oxygen atoms in total. The third-order valence-electron chi connectivity index (χ3n) is 6.03. The van der Waals surface area contributed by atoms with Gasteiger partial charge < -0.3 is 15.2 Å². The molecule has 4 rings (SSSR count). The van der Waals surface area contributed by atoms with E-state index in [0.29, 0.717) is 24.5 Å². The van der Waals surface area contributed by atoms with E-state index >= 15 is 0 Å². The molecule has 1 aromatic carbocycles. The number of hydrogen-bond donors (Lipinski definition) is 2. The summed E-state index contributed by atoms with van der Waals surface area (Å²) in [6.07, 6.45) is 6.85. The van der Waals surface area contributed by atoms with Crippen LogP contribution in [0.3, 0.4) is 0 Å². The van der Waals surface area contributed by atoms with Crippen LogP contribution in [-0.4, -0.2) is 23.6 Å². The van der Waals surface area contributed by atoms with Gasteiger partial charge in [-0.05, 0) is 61.6 Å². The fourth-order valence-electron chi connectivity index (χ4n) is 4.30. The molecule has 0 heterocycles. The summed E-state index contributed by atoms with van der Waals surface area (Å²) >= 11 is 0. The highest BCUT2D eigenvalue weighted by molar-refractivity contribution is 5.87. The van der Waals surface area contributed by atoms with Gasteiger partial charge >= 0.3 is 5.97 Å². The van der Waals surface area contributed by atoms with Gasteiger partial charge in [0.1, 0.15) is 0 Å². The van der Waals surface area contributed by atoms with Crippen LogP contribution in [0.15, 0.2) is 30.4 Å². The lowest BCUT2D eigenvalue weighted by Gasteiger charge is -2.26. The molecule has 6 heteroatoms. The van der Waals surface area contributed by atoms with Crippen LogP contribution in [0.2, 0.25) is 0 Å². The van der Waals surface area contributed by atoms with E-state index in [0.717, 1.165) is 12.8 Å². The van der Waals surface area contributed by atoms with Crippen molar-refractivity contribution >= 4 is 11.9 Å². The van der Waals surface area contributed by atoms with Crippen LogP contribution in [0.25, 0.3) is 0 Å². The highest BCUT2D eigenvalue weighted by Crippen LogP contribution is 2.48. The lowest BCUT2D eigenvalue weighted by atomic mass is 9.82. The molecule has 0 radical (unpaired) electrons. The Kier molecular flexibility index (Phi) is 4.66. The Balaban J connectivity index is 1.41. The molecule has 0 spiro atoms. The third kappa shape index (κ3) is 3.57. The molecule has 2 bridgehead atoms. The molecule has 5 atom stereocenters. The Morgan fingerprint density at radius 3 is 2.59 bits per heavy atom. The normalized spacial score (nSPS) is 29.6. The van der Waals surface area contributed by atoms with Crippen molar-refractivity contribution in [3.63, 3.8) is 0 Å². The monoisotopic (exact) mass is 373 g/mol. The zero-order valence-corrected chi connectivity index (χ0v) is 15.2. The van der Waals surface area contributed by atoms with E-state index in [2.05, 4.69) is 5.32 Å². The molecular weight excluding hydrogens is 349 g/mol. The number of hydrogen-bond acceptors (Lipinski definition) is 3. The zero-order chi connectivity index (χ0) is 19.1. The minimum Gasteiger partial charge on any atom is -0.490 e. The predicted molar refractivity (Wildman–Crippen MR) is 96.5 cm³/mol. The summed E-state index contributed by atoms with van der Waals surface area (Å²) in [5.41, 5.74) is 0.630. The van der Waals surface area contributed by atoms with E-state index in [-0.39, 0.29) is 23.5 Å². The van der Waals surface area contributed by atoms with E-state index in [9.17, 15) is 19.1 Å². The molecule has 1 amide bonds. The first-order valence-corrected chi connectivity index (χ1v) is 9.57. The quantitative estimate of drug-likeness (QED) is 0.719. The van der Waals surface area contributed by atoms with Gasteiger partial charge in [0.15, 0.2) is 11.6 Å². The van der Waals surface area contributed by atoms with Crippen molar-refractivity contribution in [2.45, 2.75) is 32.2 Å². The average molecular weight is 373 g/mol. The number of ether oxygens (including phenoxy) is 1. The Morgan fingerprint density at radius 1 is 1.26 bits per heavy atom. The summed E-state index contributed by atoms with van der Waals surface area (Å²) in [7, 11) is 0. The average Bonchev–Trinajstić information content (AvgIpc) is 3.23. The summed E-state index contributed by atoms with van der Waals surface area (Å²) < 4.78 is 19.8. The third-order valence-corrected chi connectivity index (χ3v) is 6.03. The van der Waals surface area contributed by atoms with Crippen molar-refractivity contribution in [3.05, 3.63) is 41.7 Å². The topological polar surface area (TPSA) is 75.6 Å². The highest BCUT2D eigenvalue weighted by atomic mass is 19.1. The summed E-state index contributed by atoms with van der Waals surface area (Å²) in [4.78, 5) is 24.3. The predicted octanol–water partition coefficient (Wildman–Crippen LogP) is 3.31. The van der Waals surface area contributed by atoms with Gasteiger partial charge in [0.05, 0.1) is 24.5 Å². The lowest BCUT2D eigenvalue weighted by molar-refractivity contribution is -0.148. The second kappa shape index (κ2) is 6.98. The highest BCUT2D eigenvalue weighted by Gasteiger charge is 2.51. The number of carbonyl (C=O) groups is 2. The number of rotatable bonds is 7. The van der Waals surface area contributed by atoms with E-state index < -0.39 is 29.7 Å². The molecule has 2 N–H and O–H groups in total. The summed E-state index contributed by atoms with van der Waals surface area (Å²) in [6.45, 7) is 2.31. The van der Waals surface area contributed by atoms with Crippen molar-refractivity contribution in [2.75, 3.05) is 6.61 Å². The molecule has 27 heavy (non-hydrogen) atoms. The Hall–Kier alpha value is -2.37. The minimum atomic E-state index is -0.928. The van der Waals surface area contributed by atoms with Gasteiger partial charge in [0.25, 0.3) is 0 Å². The van der Waals surface area contributed by atoms with Crippen molar-refractivity contribution in [2.24, 2.45) is 29.6 Å². The molecule has 3 aliphatic carbocycles. The van der Waals surface area contributed by atoms with Crippen LogP contribution < -0.4 is 10.1 Å². The van der Waals surface area contributed by atoms with E-state index in [1.807, 2.05) is 12.2 Å². The second-order valence-electron chi connectivity index (χ2n) is 8.01. The molecule has 5 unspecified atom stereocenters. The minimum absolute atomic E-state index is 0.0294. The first-order chi connectivity index (χ1) is 12.9. The van der Waals surface area contributed by atoms with E-state index in [1.54, 1.807) is 19.1 Å². The summed E-state index contributed by atoms with van der Waals surface area (Å²) in [6, 6.07) is 4.30. The van der Waals surface area contributed by atoms with Crippen LogP contribution in [0, 0.1) is 35.4 Å². The standard InChI is InChI=1S/C21H24FNO4/c1-11(13-6-7-17(16(22)9-13)27-10-12-2-3-12)23-20(24)18-14-4-5-15(8-14)19(18)21(25)26/h4-7,9,11-12,14-15,18-19H,2-3,8,10H2,1H3,(H,23,24)(H,25,26). The van der Waals surface area contributed by atoms with Crippen LogP contribution in [0.5, 0.6) is 5.75 Å². The van der Waals surface area contributed by atoms with Gasteiger partial charge in [-0.3, -0.25) is 9.59 Å². The van der Waals surface area contributed by atoms with Gasteiger partial charge in [-0.1, -0.05) is 18.2 Å². The maximum Gasteiger partial charge on any atom is 0.307 e. The fourth-order valence-corrected chi connectivity index (χ4v) is 4.30. The first kappa shape index (κ1) is 18.0. The lowest BCUT2D eigenvalue weighted by Crippen LogP contribution is -2.41.